The van der Waals surface area contributed by atoms with Crippen molar-refractivity contribution in [3.8, 4) is 0 Å². The minimum atomic E-state index is -3.52. The molecule has 0 aliphatic heterocycles. The lowest BCUT2D eigenvalue weighted by Gasteiger charge is -2.40. The first-order chi connectivity index (χ1) is 12.0. The summed E-state index contributed by atoms with van der Waals surface area (Å²) in [5.41, 5.74) is 0.365. The fraction of sp³-hybridized carbons (Fsp3) is 0.647. The summed E-state index contributed by atoms with van der Waals surface area (Å²) in [6.45, 7) is 6.57. The minimum absolute atomic E-state index is 0. The standard InChI is InChI=1S/C17H29N5O2S.HI/c1-3-17(8-6-9-17)14-21-16(19-4-2)20-11-12-22-25(23,24)15-7-5-10-18-13-15;/h5,7,10,13,22H,3-4,6,8-9,11-12,14H2,1-2H3,(H2,19,20,21);1H. The predicted octanol–water partition coefficient (Wildman–Crippen LogP) is 2.11. The van der Waals surface area contributed by atoms with Gasteiger partial charge in [0.25, 0.3) is 0 Å². The Morgan fingerprint density at radius 2 is 2.04 bits per heavy atom. The molecular weight excluding hydrogens is 465 g/mol. The molecule has 0 aromatic carbocycles. The summed E-state index contributed by atoms with van der Waals surface area (Å²) in [5, 5.41) is 6.39. The van der Waals surface area contributed by atoms with E-state index in [-0.39, 0.29) is 35.4 Å². The summed E-state index contributed by atoms with van der Waals surface area (Å²) in [7, 11) is -3.52. The van der Waals surface area contributed by atoms with Gasteiger partial charge in [-0.25, -0.2) is 13.1 Å². The molecule has 0 saturated heterocycles. The number of nitrogens with one attached hydrogen (secondary N) is 3. The number of pyridine rings is 1. The van der Waals surface area contributed by atoms with Crippen LogP contribution in [0.1, 0.15) is 39.5 Å². The molecule has 1 aromatic heterocycles. The van der Waals surface area contributed by atoms with E-state index in [9.17, 15) is 8.42 Å². The molecule has 0 amide bonds. The number of aliphatic imine (C=N–C) groups is 1. The Hall–Kier alpha value is -0.940. The average Bonchev–Trinajstić information content (AvgIpc) is 2.58. The average molecular weight is 495 g/mol. The van der Waals surface area contributed by atoms with Crippen LogP contribution in [0.2, 0.25) is 0 Å². The van der Waals surface area contributed by atoms with Crippen molar-refractivity contribution in [1.82, 2.24) is 20.3 Å². The molecule has 26 heavy (non-hydrogen) atoms. The highest BCUT2D eigenvalue weighted by atomic mass is 127. The molecule has 1 fully saturated rings. The number of guanidine groups is 1. The lowest BCUT2D eigenvalue weighted by atomic mass is 9.67. The van der Waals surface area contributed by atoms with E-state index in [1.807, 2.05) is 6.92 Å². The van der Waals surface area contributed by atoms with Crippen molar-refractivity contribution in [3.05, 3.63) is 24.5 Å². The topological polar surface area (TPSA) is 95.5 Å². The van der Waals surface area contributed by atoms with Gasteiger partial charge in [-0.05, 0) is 43.7 Å². The summed E-state index contributed by atoms with van der Waals surface area (Å²) in [6.07, 6.45) is 7.83. The number of halogens is 1. The Morgan fingerprint density at radius 1 is 1.27 bits per heavy atom. The smallest absolute Gasteiger partial charge is 0.242 e. The molecule has 0 bridgehead atoms. The van der Waals surface area contributed by atoms with Crippen LogP contribution in [0.25, 0.3) is 0 Å². The second-order valence-electron chi connectivity index (χ2n) is 6.42. The zero-order valence-electron chi connectivity index (χ0n) is 15.5. The molecule has 1 aromatic rings. The molecule has 0 unspecified atom stereocenters. The third kappa shape index (κ3) is 6.66. The molecule has 1 saturated carbocycles. The van der Waals surface area contributed by atoms with Crippen LogP contribution >= 0.6 is 24.0 Å². The van der Waals surface area contributed by atoms with Crippen LogP contribution in [-0.2, 0) is 10.0 Å². The molecule has 1 aliphatic rings. The highest BCUT2D eigenvalue weighted by molar-refractivity contribution is 14.0. The first kappa shape index (κ1) is 23.1. The van der Waals surface area contributed by atoms with Crippen molar-refractivity contribution in [2.24, 2.45) is 10.4 Å². The lowest BCUT2D eigenvalue weighted by Crippen LogP contribution is -2.42. The Balaban J connectivity index is 0.00000338. The van der Waals surface area contributed by atoms with Gasteiger partial charge in [0.15, 0.2) is 5.96 Å². The lowest BCUT2D eigenvalue weighted by molar-refractivity contribution is 0.139. The zero-order chi connectivity index (χ0) is 18.2. The summed E-state index contributed by atoms with van der Waals surface area (Å²) >= 11 is 0. The molecule has 9 heteroatoms. The Kier molecular flexibility index (Phi) is 9.80. The molecule has 0 atom stereocenters. The summed E-state index contributed by atoms with van der Waals surface area (Å²) in [6, 6.07) is 3.13. The zero-order valence-corrected chi connectivity index (χ0v) is 18.6. The van der Waals surface area contributed by atoms with Crippen molar-refractivity contribution >= 4 is 40.0 Å². The fourth-order valence-electron chi connectivity index (χ4n) is 2.84. The molecular formula is C17H30IN5O2S. The summed E-state index contributed by atoms with van der Waals surface area (Å²) < 4.78 is 26.8. The molecule has 0 radical (unpaired) electrons. The number of sulfonamides is 1. The number of rotatable bonds is 9. The normalized spacial score (nSPS) is 16.3. The fourth-order valence-corrected chi connectivity index (χ4v) is 3.84. The van der Waals surface area contributed by atoms with Gasteiger partial charge in [-0.2, -0.15) is 0 Å². The molecule has 0 spiro atoms. The van der Waals surface area contributed by atoms with E-state index in [0.29, 0.717) is 12.0 Å². The van der Waals surface area contributed by atoms with E-state index in [2.05, 4.69) is 32.3 Å². The van der Waals surface area contributed by atoms with E-state index in [1.165, 1.54) is 31.5 Å². The van der Waals surface area contributed by atoms with Crippen molar-refractivity contribution < 1.29 is 8.42 Å². The largest absolute Gasteiger partial charge is 0.357 e. The van der Waals surface area contributed by atoms with E-state index in [4.69, 9.17) is 0 Å². The second kappa shape index (κ2) is 11.0. The predicted molar refractivity (Wildman–Crippen MR) is 115 cm³/mol. The van der Waals surface area contributed by atoms with Crippen molar-refractivity contribution in [2.75, 3.05) is 26.2 Å². The van der Waals surface area contributed by atoms with Gasteiger partial charge in [0.1, 0.15) is 4.90 Å². The molecule has 2 rings (SSSR count). The Labute approximate surface area is 173 Å². The molecule has 3 N–H and O–H groups in total. The van der Waals surface area contributed by atoms with E-state index in [1.54, 1.807) is 12.3 Å². The van der Waals surface area contributed by atoms with Gasteiger partial charge >= 0.3 is 0 Å². The van der Waals surface area contributed by atoms with Gasteiger partial charge in [-0.15, -0.1) is 24.0 Å². The number of aromatic nitrogens is 1. The van der Waals surface area contributed by atoms with Crippen LogP contribution in [0, 0.1) is 5.41 Å². The van der Waals surface area contributed by atoms with E-state index in [0.717, 1.165) is 25.5 Å². The number of hydrogen-bond donors (Lipinski definition) is 3. The quantitative estimate of drug-likeness (QED) is 0.211. The van der Waals surface area contributed by atoms with Gasteiger partial charge in [0.05, 0.1) is 0 Å². The highest BCUT2D eigenvalue weighted by Gasteiger charge is 2.34. The van der Waals surface area contributed by atoms with Gasteiger partial charge in [0, 0.05) is 38.6 Å². The van der Waals surface area contributed by atoms with Gasteiger partial charge in [-0.3, -0.25) is 9.98 Å². The van der Waals surface area contributed by atoms with Gasteiger partial charge < -0.3 is 10.6 Å². The number of nitrogens with zero attached hydrogens (tertiary/aromatic N) is 2. The van der Waals surface area contributed by atoms with E-state index < -0.39 is 10.0 Å². The van der Waals surface area contributed by atoms with Crippen LogP contribution in [0.15, 0.2) is 34.4 Å². The molecule has 148 valence electrons. The second-order valence-corrected chi connectivity index (χ2v) is 8.18. The van der Waals surface area contributed by atoms with Crippen molar-refractivity contribution in [1.29, 1.82) is 0 Å². The first-order valence-electron chi connectivity index (χ1n) is 8.93. The van der Waals surface area contributed by atoms with Gasteiger partial charge in [0.2, 0.25) is 10.0 Å². The Morgan fingerprint density at radius 3 is 2.58 bits per heavy atom. The minimum Gasteiger partial charge on any atom is -0.357 e. The maximum atomic E-state index is 12.1. The SMILES string of the molecule is CCNC(=NCC1(CC)CCC1)NCCNS(=O)(=O)c1cccnc1.I. The third-order valence-electron chi connectivity index (χ3n) is 4.74. The van der Waals surface area contributed by atoms with Gasteiger partial charge in [-0.1, -0.05) is 13.3 Å². The summed E-state index contributed by atoms with van der Waals surface area (Å²) in [4.78, 5) is 8.69. The molecule has 1 heterocycles. The van der Waals surface area contributed by atoms with Crippen molar-refractivity contribution in [3.63, 3.8) is 0 Å². The third-order valence-corrected chi connectivity index (χ3v) is 6.18. The van der Waals surface area contributed by atoms with Crippen LogP contribution < -0.4 is 15.4 Å². The van der Waals surface area contributed by atoms with Crippen LogP contribution in [0.3, 0.4) is 0 Å². The summed E-state index contributed by atoms with van der Waals surface area (Å²) in [5.74, 6) is 0.739. The maximum absolute atomic E-state index is 12.1. The van der Waals surface area contributed by atoms with Crippen molar-refractivity contribution in [2.45, 2.75) is 44.4 Å². The van der Waals surface area contributed by atoms with Crippen LogP contribution in [0.4, 0.5) is 0 Å². The number of hydrogen-bond acceptors (Lipinski definition) is 4. The molecule has 1 aliphatic carbocycles. The van der Waals surface area contributed by atoms with Crippen LogP contribution in [0.5, 0.6) is 0 Å². The van der Waals surface area contributed by atoms with E-state index >= 15 is 0 Å². The Bertz CT molecular complexity index is 657. The maximum Gasteiger partial charge on any atom is 0.242 e. The van der Waals surface area contributed by atoms with Crippen LogP contribution in [-0.4, -0.2) is 45.5 Å². The first-order valence-corrected chi connectivity index (χ1v) is 10.4. The monoisotopic (exact) mass is 495 g/mol. The highest BCUT2D eigenvalue weighted by Crippen LogP contribution is 2.43. The molecule has 7 nitrogen and oxygen atoms in total.